The number of aliphatic carboxylic acids is 1. The Hall–Kier alpha value is -1.96. The minimum Gasteiger partial charge on any atom is -0.480 e. The van der Waals surface area contributed by atoms with Gasteiger partial charge in [0.25, 0.3) is 0 Å². The minimum absolute atomic E-state index is 0.150. The second-order valence-corrected chi connectivity index (χ2v) is 7.46. The summed E-state index contributed by atoms with van der Waals surface area (Å²) in [6.07, 6.45) is 2.95. The third-order valence-electron chi connectivity index (χ3n) is 5.04. The van der Waals surface area contributed by atoms with Crippen molar-refractivity contribution >= 4 is 17.8 Å². The molecule has 2 saturated heterocycles. The Kier molecular flexibility index (Phi) is 6.75. The van der Waals surface area contributed by atoms with Crippen molar-refractivity contribution in [2.75, 3.05) is 39.8 Å². The Morgan fingerprint density at radius 2 is 1.92 bits per heavy atom. The molecule has 1 N–H and O–H groups in total. The molecule has 0 aliphatic carbocycles. The third kappa shape index (κ3) is 4.81. The standard InChI is InChI=1S/C18H28FN3O4/c1-12(2)16(18(25)26)20(3)17(24)13-6-8-21(9-13)7-4-5-15(23)22-10-14(19)11-22/h4-5,12-14,16H,6-11H2,1-3H3,(H,25,26)/b5-4+/t13-,16-/m0/s1. The number of likely N-dealkylation sites (N-methyl/N-ethyl adjacent to an activating group) is 1. The second kappa shape index (κ2) is 8.62. The maximum absolute atomic E-state index is 12.7. The molecule has 2 heterocycles. The van der Waals surface area contributed by atoms with E-state index in [1.54, 1.807) is 27.0 Å². The molecule has 2 rings (SSSR count). The lowest BCUT2D eigenvalue weighted by Crippen LogP contribution is -2.50. The number of likely N-dealkylation sites (tertiary alicyclic amines) is 2. The van der Waals surface area contributed by atoms with Crippen LogP contribution in [-0.4, -0.2) is 89.6 Å². The fraction of sp³-hybridized carbons (Fsp3) is 0.722. The predicted molar refractivity (Wildman–Crippen MR) is 94.2 cm³/mol. The number of carboxylic acid groups (broad SMARTS) is 1. The number of hydrogen-bond acceptors (Lipinski definition) is 4. The van der Waals surface area contributed by atoms with Gasteiger partial charge in [0.2, 0.25) is 11.8 Å². The Labute approximate surface area is 153 Å². The van der Waals surface area contributed by atoms with Gasteiger partial charge in [0.1, 0.15) is 12.2 Å². The highest BCUT2D eigenvalue weighted by Crippen LogP contribution is 2.21. The number of carbonyl (C=O) groups is 3. The van der Waals surface area contributed by atoms with Gasteiger partial charge >= 0.3 is 5.97 Å². The van der Waals surface area contributed by atoms with Gasteiger partial charge in [-0.2, -0.15) is 0 Å². The molecule has 0 unspecified atom stereocenters. The van der Waals surface area contributed by atoms with Gasteiger partial charge in [-0.05, 0) is 18.9 Å². The van der Waals surface area contributed by atoms with Crippen LogP contribution in [0.5, 0.6) is 0 Å². The quantitative estimate of drug-likeness (QED) is 0.665. The number of alkyl halides is 1. The Bertz CT molecular complexity index is 575. The number of nitrogens with zero attached hydrogens (tertiary/aromatic N) is 3. The number of rotatable bonds is 7. The van der Waals surface area contributed by atoms with Gasteiger partial charge in [-0.15, -0.1) is 0 Å². The molecular formula is C18H28FN3O4. The van der Waals surface area contributed by atoms with E-state index >= 15 is 0 Å². The normalized spacial score (nSPS) is 22.7. The summed E-state index contributed by atoms with van der Waals surface area (Å²) in [6, 6.07) is -0.829. The number of amides is 2. The predicted octanol–water partition coefficient (Wildman–Crippen LogP) is 0.612. The van der Waals surface area contributed by atoms with E-state index in [0.29, 0.717) is 19.5 Å². The Morgan fingerprint density at radius 1 is 1.27 bits per heavy atom. The summed E-state index contributed by atoms with van der Waals surface area (Å²) >= 11 is 0. The molecule has 0 radical (unpaired) electrons. The molecule has 2 fully saturated rings. The van der Waals surface area contributed by atoms with Crippen LogP contribution in [0.25, 0.3) is 0 Å². The summed E-state index contributed by atoms with van der Waals surface area (Å²) in [5.41, 5.74) is 0. The highest BCUT2D eigenvalue weighted by Gasteiger charge is 2.36. The fourth-order valence-corrected chi connectivity index (χ4v) is 3.54. The zero-order valence-corrected chi connectivity index (χ0v) is 15.6. The van der Waals surface area contributed by atoms with Crippen LogP contribution in [0, 0.1) is 11.8 Å². The summed E-state index contributed by atoms with van der Waals surface area (Å²) in [5, 5.41) is 9.34. The molecule has 26 heavy (non-hydrogen) atoms. The molecule has 146 valence electrons. The van der Waals surface area contributed by atoms with E-state index in [2.05, 4.69) is 4.90 Å². The van der Waals surface area contributed by atoms with Gasteiger partial charge in [0.05, 0.1) is 19.0 Å². The average Bonchev–Trinajstić information content (AvgIpc) is 2.99. The molecule has 0 bridgehead atoms. The molecule has 0 spiro atoms. The van der Waals surface area contributed by atoms with Gasteiger partial charge in [-0.1, -0.05) is 19.9 Å². The smallest absolute Gasteiger partial charge is 0.326 e. The minimum atomic E-state index is -0.992. The van der Waals surface area contributed by atoms with Gasteiger partial charge in [-0.3, -0.25) is 14.5 Å². The third-order valence-corrected chi connectivity index (χ3v) is 5.04. The zero-order chi connectivity index (χ0) is 19.4. The monoisotopic (exact) mass is 369 g/mol. The van der Waals surface area contributed by atoms with E-state index in [-0.39, 0.29) is 36.7 Å². The zero-order valence-electron chi connectivity index (χ0n) is 15.6. The summed E-state index contributed by atoms with van der Waals surface area (Å²) < 4.78 is 12.7. The van der Waals surface area contributed by atoms with Crippen LogP contribution in [-0.2, 0) is 14.4 Å². The second-order valence-electron chi connectivity index (χ2n) is 7.46. The molecule has 2 atom stereocenters. The topological polar surface area (TPSA) is 81.2 Å². The number of carboxylic acids is 1. The SMILES string of the molecule is CC(C)[C@@H](C(=O)O)N(C)C(=O)[C@H]1CCN(C/C=C/C(=O)N2CC(F)C2)C1. The lowest BCUT2D eigenvalue weighted by atomic mass is 10.0. The van der Waals surface area contributed by atoms with Crippen LogP contribution in [0.1, 0.15) is 20.3 Å². The maximum atomic E-state index is 12.7. The molecule has 0 aromatic carbocycles. The molecule has 0 aromatic heterocycles. The van der Waals surface area contributed by atoms with Crippen molar-refractivity contribution in [2.24, 2.45) is 11.8 Å². The van der Waals surface area contributed by atoms with Crippen molar-refractivity contribution in [3.8, 4) is 0 Å². The molecular weight excluding hydrogens is 341 g/mol. The first-order valence-corrected chi connectivity index (χ1v) is 9.02. The lowest BCUT2D eigenvalue weighted by Gasteiger charge is -2.33. The molecule has 2 aliphatic heterocycles. The van der Waals surface area contributed by atoms with Gasteiger partial charge in [0.15, 0.2) is 0 Å². The first-order chi connectivity index (χ1) is 12.2. The fourth-order valence-electron chi connectivity index (χ4n) is 3.54. The maximum Gasteiger partial charge on any atom is 0.326 e. The van der Waals surface area contributed by atoms with E-state index in [9.17, 15) is 23.9 Å². The first-order valence-electron chi connectivity index (χ1n) is 9.02. The molecule has 7 nitrogen and oxygen atoms in total. The molecule has 8 heteroatoms. The summed E-state index contributed by atoms with van der Waals surface area (Å²) in [6.45, 7) is 5.70. The number of hydrogen-bond donors (Lipinski definition) is 1. The summed E-state index contributed by atoms with van der Waals surface area (Å²) in [7, 11) is 1.55. The van der Waals surface area contributed by atoms with Gasteiger partial charge in [-0.25, -0.2) is 9.18 Å². The van der Waals surface area contributed by atoms with Crippen molar-refractivity contribution < 1.29 is 23.9 Å². The van der Waals surface area contributed by atoms with E-state index < -0.39 is 18.2 Å². The molecule has 0 saturated carbocycles. The van der Waals surface area contributed by atoms with Crippen LogP contribution < -0.4 is 0 Å². The van der Waals surface area contributed by atoms with Crippen molar-refractivity contribution in [1.82, 2.24) is 14.7 Å². The van der Waals surface area contributed by atoms with Gasteiger partial charge in [0, 0.05) is 26.2 Å². The largest absolute Gasteiger partial charge is 0.480 e. The first kappa shape index (κ1) is 20.4. The lowest BCUT2D eigenvalue weighted by molar-refractivity contribution is -0.152. The molecule has 0 aromatic rings. The summed E-state index contributed by atoms with van der Waals surface area (Å²) in [5.74, 6) is -1.73. The van der Waals surface area contributed by atoms with E-state index in [1.165, 1.54) is 15.9 Å². The molecule has 2 amide bonds. The van der Waals surface area contributed by atoms with Crippen LogP contribution in [0.2, 0.25) is 0 Å². The van der Waals surface area contributed by atoms with Crippen molar-refractivity contribution in [3.05, 3.63) is 12.2 Å². The van der Waals surface area contributed by atoms with Crippen LogP contribution in [0.4, 0.5) is 4.39 Å². The number of carbonyl (C=O) groups excluding carboxylic acids is 2. The van der Waals surface area contributed by atoms with Crippen LogP contribution >= 0.6 is 0 Å². The van der Waals surface area contributed by atoms with Crippen molar-refractivity contribution in [3.63, 3.8) is 0 Å². The van der Waals surface area contributed by atoms with Crippen molar-refractivity contribution in [2.45, 2.75) is 32.5 Å². The highest BCUT2D eigenvalue weighted by atomic mass is 19.1. The van der Waals surface area contributed by atoms with Crippen molar-refractivity contribution in [1.29, 1.82) is 0 Å². The van der Waals surface area contributed by atoms with E-state index in [0.717, 1.165) is 6.54 Å². The van der Waals surface area contributed by atoms with Crippen LogP contribution in [0.3, 0.4) is 0 Å². The molecule has 2 aliphatic rings. The van der Waals surface area contributed by atoms with E-state index in [4.69, 9.17) is 0 Å². The Balaban J connectivity index is 1.81. The Morgan fingerprint density at radius 3 is 2.46 bits per heavy atom. The summed E-state index contributed by atoms with van der Waals surface area (Å²) in [4.78, 5) is 40.6. The van der Waals surface area contributed by atoms with Gasteiger partial charge < -0.3 is 14.9 Å². The highest BCUT2D eigenvalue weighted by molar-refractivity contribution is 5.88. The average molecular weight is 369 g/mol. The number of halogens is 1. The van der Waals surface area contributed by atoms with E-state index in [1.807, 2.05) is 0 Å². The van der Waals surface area contributed by atoms with Crippen LogP contribution in [0.15, 0.2) is 12.2 Å².